The van der Waals surface area contributed by atoms with Crippen LogP contribution in [-0.2, 0) is 15.1 Å². The Morgan fingerprint density at radius 2 is 2.19 bits per heavy atom. The molecule has 3 aromatic rings. The molecule has 0 aromatic carbocycles. The van der Waals surface area contributed by atoms with Crippen molar-refractivity contribution < 1.29 is 9.53 Å². The van der Waals surface area contributed by atoms with Gasteiger partial charge in [-0.25, -0.2) is 9.97 Å². The number of nitrogens with two attached hydrogens (primary N) is 1. The largest absolute Gasteiger partial charge is 0.368 e. The highest BCUT2D eigenvalue weighted by atomic mass is 35.5. The Balaban J connectivity index is 1.80. The number of carbonyl (C=O) groups excluding carboxylic acids is 1. The molecule has 2 N–H and O–H groups in total. The second kappa shape index (κ2) is 6.58. The van der Waals surface area contributed by atoms with Crippen LogP contribution >= 0.6 is 11.6 Å². The molecule has 142 valence electrons. The molecule has 1 unspecified atom stereocenters. The molecule has 10 heteroatoms. The lowest BCUT2D eigenvalue weighted by Gasteiger charge is -2.23. The summed E-state index contributed by atoms with van der Waals surface area (Å²) in [4.78, 5) is 24.9. The minimum absolute atomic E-state index is 0.108. The normalized spacial score (nSPS) is 18.1. The van der Waals surface area contributed by atoms with E-state index >= 15 is 0 Å². The summed E-state index contributed by atoms with van der Waals surface area (Å²) in [6.45, 7) is 4.11. The molecule has 27 heavy (non-hydrogen) atoms. The van der Waals surface area contributed by atoms with Crippen molar-refractivity contribution in [2.24, 2.45) is 5.73 Å². The van der Waals surface area contributed by atoms with Crippen LogP contribution in [-0.4, -0.2) is 41.8 Å². The number of primary amides is 1. The highest BCUT2D eigenvalue weighted by Gasteiger charge is 2.29. The van der Waals surface area contributed by atoms with Crippen molar-refractivity contribution in [3.63, 3.8) is 0 Å². The van der Waals surface area contributed by atoms with Crippen LogP contribution in [0.2, 0.25) is 5.28 Å². The fourth-order valence-corrected chi connectivity index (χ4v) is 3.27. The topological polar surface area (TPSA) is 114 Å². The van der Waals surface area contributed by atoms with Crippen LogP contribution in [0.25, 0.3) is 22.4 Å². The van der Waals surface area contributed by atoms with Gasteiger partial charge in [-0.1, -0.05) is 0 Å². The molecule has 1 atom stereocenters. The van der Waals surface area contributed by atoms with Gasteiger partial charge in [-0.2, -0.15) is 10.1 Å². The van der Waals surface area contributed by atoms with Gasteiger partial charge in [0.05, 0.1) is 12.5 Å². The monoisotopic (exact) mass is 389 g/mol. The molecule has 3 aromatic heterocycles. The van der Waals surface area contributed by atoms with Crippen molar-refractivity contribution in [1.82, 2.24) is 29.3 Å². The molecule has 9 nitrogen and oxygen atoms in total. The van der Waals surface area contributed by atoms with E-state index in [1.165, 1.54) is 4.68 Å². The highest BCUT2D eigenvalue weighted by molar-refractivity contribution is 6.28. The van der Waals surface area contributed by atoms with Gasteiger partial charge in [0.25, 0.3) is 0 Å². The first-order chi connectivity index (χ1) is 12.9. The van der Waals surface area contributed by atoms with Crippen molar-refractivity contribution in [2.75, 3.05) is 6.61 Å². The van der Waals surface area contributed by atoms with Gasteiger partial charge in [0.2, 0.25) is 11.2 Å². The Bertz CT molecular complexity index is 1000. The Morgan fingerprint density at radius 1 is 1.37 bits per heavy atom. The van der Waals surface area contributed by atoms with Gasteiger partial charge in [-0.3, -0.25) is 14.0 Å². The zero-order valence-corrected chi connectivity index (χ0v) is 15.8. The van der Waals surface area contributed by atoms with Crippen molar-refractivity contribution in [2.45, 2.75) is 44.9 Å². The maximum absolute atomic E-state index is 11.7. The van der Waals surface area contributed by atoms with Crippen LogP contribution in [0.5, 0.6) is 0 Å². The quantitative estimate of drug-likeness (QED) is 0.684. The second-order valence-corrected chi connectivity index (χ2v) is 7.42. The number of fused-ring (bicyclic) bond motifs is 1. The fourth-order valence-electron chi connectivity index (χ4n) is 3.11. The summed E-state index contributed by atoms with van der Waals surface area (Å²) >= 11 is 6.18. The van der Waals surface area contributed by atoms with Crippen LogP contribution in [0, 0.1) is 0 Å². The number of hydrogen-bond acceptors (Lipinski definition) is 6. The Morgan fingerprint density at radius 3 is 2.89 bits per heavy atom. The molecule has 0 saturated carbocycles. The van der Waals surface area contributed by atoms with Crippen molar-refractivity contribution in [3.8, 4) is 11.3 Å². The Labute approximate surface area is 160 Å². The summed E-state index contributed by atoms with van der Waals surface area (Å²) in [5.74, 6) is -0.484. The minimum Gasteiger partial charge on any atom is -0.368 e. The smallest absolute Gasteiger partial charge is 0.244 e. The van der Waals surface area contributed by atoms with Crippen molar-refractivity contribution >= 4 is 28.7 Å². The van der Waals surface area contributed by atoms with Gasteiger partial charge in [0, 0.05) is 18.4 Å². The van der Waals surface area contributed by atoms with E-state index in [1.54, 1.807) is 32.6 Å². The number of carbonyl (C=O) groups is 1. The third kappa shape index (κ3) is 3.06. The number of amides is 1. The van der Waals surface area contributed by atoms with Crippen LogP contribution in [0.15, 0.2) is 18.7 Å². The number of hydrogen-bond donors (Lipinski definition) is 1. The fraction of sp³-hybridized carbons (Fsp3) is 0.471. The average Bonchev–Trinajstić information content (AvgIpc) is 3.29. The summed E-state index contributed by atoms with van der Waals surface area (Å²) in [6, 6.07) is 0. The predicted molar refractivity (Wildman–Crippen MR) is 98.9 cm³/mol. The lowest BCUT2D eigenvalue weighted by molar-refractivity contribution is -0.125. The summed E-state index contributed by atoms with van der Waals surface area (Å²) < 4.78 is 9.24. The first kappa shape index (κ1) is 17.9. The van der Waals surface area contributed by atoms with Crippen LogP contribution in [0.4, 0.5) is 0 Å². The summed E-state index contributed by atoms with van der Waals surface area (Å²) in [6.07, 6.45) is 7.95. The lowest BCUT2D eigenvalue weighted by atomic mass is 10.1. The van der Waals surface area contributed by atoms with Gasteiger partial charge < -0.3 is 10.5 Å². The molecule has 1 fully saturated rings. The summed E-state index contributed by atoms with van der Waals surface area (Å²) in [5.41, 5.74) is 6.94. The van der Waals surface area contributed by atoms with Crippen LogP contribution in [0.1, 0.15) is 39.3 Å². The number of halogens is 1. The van der Waals surface area contributed by atoms with Gasteiger partial charge in [0.1, 0.15) is 23.0 Å². The number of ether oxygens (including phenoxy) is 1. The maximum atomic E-state index is 11.7. The molecular weight excluding hydrogens is 370 g/mol. The molecule has 4 heterocycles. The Hall–Kier alpha value is -2.52. The number of rotatable bonds is 4. The van der Waals surface area contributed by atoms with E-state index in [9.17, 15) is 4.79 Å². The number of aromatic nitrogens is 6. The van der Waals surface area contributed by atoms with E-state index < -0.39 is 11.4 Å². The van der Waals surface area contributed by atoms with E-state index in [1.807, 2.05) is 4.57 Å². The highest BCUT2D eigenvalue weighted by Crippen LogP contribution is 2.31. The van der Waals surface area contributed by atoms with E-state index in [4.69, 9.17) is 22.1 Å². The molecule has 0 bridgehead atoms. The first-order valence-electron chi connectivity index (χ1n) is 8.75. The maximum Gasteiger partial charge on any atom is 0.244 e. The molecule has 1 aliphatic rings. The molecule has 0 radical (unpaired) electrons. The number of nitrogens with zero attached hydrogens (tertiary/aromatic N) is 6. The molecular formula is C17H20ClN7O2. The standard InChI is InChI=1S/C17H20ClN7O2/c1-17(2,15(19)26)25-8-10(7-21-25)12-13-14(23-16(18)22-12)24(9-20-13)11-5-3-4-6-27-11/h7-9,11H,3-6H2,1-2H3,(H2,19,26). The zero-order valence-electron chi connectivity index (χ0n) is 15.1. The van der Waals surface area contributed by atoms with Crippen molar-refractivity contribution in [1.29, 1.82) is 0 Å². The summed E-state index contributed by atoms with van der Waals surface area (Å²) in [7, 11) is 0. The molecule has 1 amide bonds. The van der Waals surface area contributed by atoms with Gasteiger partial charge in [0.15, 0.2) is 5.65 Å². The lowest BCUT2D eigenvalue weighted by Crippen LogP contribution is -2.41. The van der Waals surface area contributed by atoms with Crippen LogP contribution < -0.4 is 5.73 Å². The van der Waals surface area contributed by atoms with E-state index in [-0.39, 0.29) is 11.5 Å². The first-order valence-corrected chi connectivity index (χ1v) is 9.13. The number of imidazole rings is 1. The molecule has 0 aliphatic carbocycles. The van der Waals surface area contributed by atoms with E-state index in [2.05, 4.69) is 20.1 Å². The van der Waals surface area contributed by atoms with Crippen LogP contribution in [0.3, 0.4) is 0 Å². The molecule has 4 rings (SSSR count). The molecule has 1 aliphatic heterocycles. The predicted octanol–water partition coefficient (Wildman–Crippen LogP) is 2.26. The molecule has 0 spiro atoms. The van der Waals surface area contributed by atoms with Gasteiger partial charge in [-0.15, -0.1) is 0 Å². The minimum atomic E-state index is -0.969. The van der Waals surface area contributed by atoms with E-state index in [0.29, 0.717) is 29.0 Å². The van der Waals surface area contributed by atoms with Gasteiger partial charge in [-0.05, 0) is 44.7 Å². The van der Waals surface area contributed by atoms with Crippen molar-refractivity contribution in [3.05, 3.63) is 24.0 Å². The SMILES string of the molecule is CC(C)(C(N)=O)n1cc(-c2nc(Cl)nc3c2ncn3C2CCCCO2)cn1. The average molecular weight is 390 g/mol. The Kier molecular flexibility index (Phi) is 4.35. The third-order valence-corrected chi connectivity index (χ3v) is 5.06. The third-order valence-electron chi connectivity index (χ3n) is 4.89. The van der Waals surface area contributed by atoms with E-state index in [0.717, 1.165) is 19.3 Å². The van der Waals surface area contributed by atoms with Gasteiger partial charge >= 0.3 is 0 Å². The second-order valence-electron chi connectivity index (χ2n) is 7.08. The summed E-state index contributed by atoms with van der Waals surface area (Å²) in [5, 5.41) is 4.38. The zero-order chi connectivity index (χ0) is 19.2. The molecule has 1 saturated heterocycles.